The van der Waals surface area contributed by atoms with E-state index in [0.29, 0.717) is 6.04 Å². The zero-order valence-electron chi connectivity index (χ0n) is 12.9. The van der Waals surface area contributed by atoms with Gasteiger partial charge >= 0.3 is 0 Å². The fourth-order valence-corrected chi connectivity index (χ4v) is 3.13. The highest BCUT2D eigenvalue weighted by Gasteiger charge is 2.20. The maximum Gasteiger partial charge on any atom is 0.0791 e. The van der Waals surface area contributed by atoms with E-state index in [4.69, 9.17) is 4.74 Å². The second kappa shape index (κ2) is 8.95. The van der Waals surface area contributed by atoms with Gasteiger partial charge in [0, 0.05) is 32.2 Å². The van der Waals surface area contributed by atoms with Gasteiger partial charge in [0.2, 0.25) is 0 Å². The molecule has 2 aliphatic rings. The second-order valence-electron chi connectivity index (χ2n) is 6.09. The van der Waals surface area contributed by atoms with Crippen molar-refractivity contribution in [3.63, 3.8) is 0 Å². The van der Waals surface area contributed by atoms with Crippen LogP contribution in [0.5, 0.6) is 0 Å². The van der Waals surface area contributed by atoms with E-state index in [1.165, 1.54) is 38.9 Å². The number of ether oxygens (including phenoxy) is 1. The molecule has 118 valence electrons. The lowest BCUT2D eigenvalue weighted by Gasteiger charge is -2.33. The van der Waals surface area contributed by atoms with E-state index in [0.717, 1.165) is 39.4 Å². The van der Waals surface area contributed by atoms with E-state index in [2.05, 4.69) is 22.0 Å². The minimum absolute atomic E-state index is 0.262. The zero-order valence-corrected chi connectivity index (χ0v) is 12.9. The number of aliphatic hydroxyl groups excluding tert-OH is 1. The molecule has 20 heavy (non-hydrogen) atoms. The first-order chi connectivity index (χ1) is 9.78. The fraction of sp³-hybridized carbons (Fsp3) is 1.00. The first-order valence-electron chi connectivity index (χ1n) is 8.22. The third-order valence-electron chi connectivity index (χ3n) is 4.34. The Balaban J connectivity index is 1.55. The van der Waals surface area contributed by atoms with Gasteiger partial charge in [0.15, 0.2) is 0 Å². The van der Waals surface area contributed by atoms with Crippen molar-refractivity contribution < 1.29 is 9.84 Å². The second-order valence-corrected chi connectivity index (χ2v) is 6.09. The van der Waals surface area contributed by atoms with Gasteiger partial charge in [0.25, 0.3) is 0 Å². The third kappa shape index (κ3) is 5.66. The molecule has 2 N–H and O–H groups in total. The highest BCUT2D eigenvalue weighted by molar-refractivity contribution is 4.79. The molecule has 0 spiro atoms. The summed E-state index contributed by atoms with van der Waals surface area (Å²) in [5.41, 5.74) is 0. The number of piperidine rings is 1. The van der Waals surface area contributed by atoms with Crippen molar-refractivity contribution in [3.8, 4) is 0 Å². The summed E-state index contributed by atoms with van der Waals surface area (Å²) in [4.78, 5) is 4.84. The Morgan fingerprint density at radius 1 is 1.15 bits per heavy atom. The minimum atomic E-state index is -0.262. The van der Waals surface area contributed by atoms with Gasteiger partial charge in [-0.25, -0.2) is 0 Å². The van der Waals surface area contributed by atoms with E-state index in [-0.39, 0.29) is 6.10 Å². The molecule has 0 bridgehead atoms. The molecular weight excluding hydrogens is 254 g/mol. The molecule has 0 radical (unpaired) electrons. The molecule has 2 aliphatic heterocycles. The van der Waals surface area contributed by atoms with Crippen molar-refractivity contribution >= 4 is 0 Å². The Labute approximate surface area is 123 Å². The summed E-state index contributed by atoms with van der Waals surface area (Å²) in [5, 5.41) is 13.7. The first-order valence-corrected chi connectivity index (χ1v) is 8.22. The third-order valence-corrected chi connectivity index (χ3v) is 4.34. The lowest BCUT2D eigenvalue weighted by atomic mass is 10.0. The van der Waals surface area contributed by atoms with Crippen molar-refractivity contribution in [2.45, 2.75) is 38.3 Å². The minimum Gasteiger partial charge on any atom is -0.390 e. The van der Waals surface area contributed by atoms with Crippen LogP contribution in [-0.4, -0.2) is 86.1 Å². The van der Waals surface area contributed by atoms with E-state index >= 15 is 0 Å². The monoisotopic (exact) mass is 285 g/mol. The average molecular weight is 285 g/mol. The number of hydrogen-bond acceptors (Lipinski definition) is 5. The summed E-state index contributed by atoms with van der Waals surface area (Å²) in [6.45, 7) is 10.9. The Morgan fingerprint density at radius 2 is 1.85 bits per heavy atom. The van der Waals surface area contributed by atoms with Crippen molar-refractivity contribution in [3.05, 3.63) is 0 Å². The summed E-state index contributed by atoms with van der Waals surface area (Å²) >= 11 is 0. The van der Waals surface area contributed by atoms with Crippen LogP contribution < -0.4 is 5.32 Å². The smallest absolute Gasteiger partial charge is 0.0791 e. The summed E-state index contributed by atoms with van der Waals surface area (Å²) in [6, 6.07) is 0.586. The van der Waals surface area contributed by atoms with Crippen molar-refractivity contribution in [2.75, 3.05) is 59.0 Å². The predicted molar refractivity (Wildman–Crippen MR) is 81.0 cm³/mol. The molecule has 1 unspecified atom stereocenters. The molecule has 0 aromatic heterocycles. The Hall–Kier alpha value is -0.200. The van der Waals surface area contributed by atoms with Crippen LogP contribution in [0.1, 0.15) is 26.2 Å². The van der Waals surface area contributed by atoms with Crippen LogP contribution in [0.2, 0.25) is 0 Å². The highest BCUT2D eigenvalue weighted by Crippen LogP contribution is 2.10. The number of morpholine rings is 1. The number of rotatable bonds is 7. The maximum absolute atomic E-state index is 10.1. The molecule has 5 heteroatoms. The molecule has 0 amide bonds. The number of β-amino-alcohol motifs (C(OH)–C–C–N with tert-alkyl or cyclic N) is 1. The number of nitrogens with zero attached hydrogens (tertiary/aromatic N) is 2. The quantitative estimate of drug-likeness (QED) is 0.697. The molecule has 2 heterocycles. The van der Waals surface area contributed by atoms with Crippen LogP contribution in [-0.2, 0) is 4.74 Å². The lowest BCUT2D eigenvalue weighted by Crippen LogP contribution is -2.48. The van der Waals surface area contributed by atoms with Crippen molar-refractivity contribution in [2.24, 2.45) is 0 Å². The Bertz CT molecular complexity index is 252. The largest absolute Gasteiger partial charge is 0.390 e. The van der Waals surface area contributed by atoms with Crippen LogP contribution in [0.15, 0.2) is 0 Å². The molecule has 5 nitrogen and oxygen atoms in total. The molecule has 2 saturated heterocycles. The zero-order chi connectivity index (χ0) is 14.2. The highest BCUT2D eigenvalue weighted by atomic mass is 16.5. The van der Waals surface area contributed by atoms with Gasteiger partial charge in [-0.05, 0) is 38.9 Å². The number of aliphatic hydroxyl groups is 1. The molecule has 0 aromatic carbocycles. The number of nitrogens with one attached hydrogen (secondary N) is 1. The summed E-state index contributed by atoms with van der Waals surface area (Å²) in [5.74, 6) is 0. The maximum atomic E-state index is 10.1. The molecule has 0 aliphatic carbocycles. The van der Waals surface area contributed by atoms with E-state index in [1.807, 2.05) is 0 Å². The SMILES string of the molecule is CCCN1CCC(NCC(O)CN2CCOCC2)CC1. The molecule has 1 atom stereocenters. The average Bonchev–Trinajstić information content (AvgIpc) is 2.48. The molecule has 2 rings (SSSR count). The van der Waals surface area contributed by atoms with Gasteiger partial charge in [0.05, 0.1) is 19.3 Å². The van der Waals surface area contributed by atoms with Crippen LogP contribution in [0.3, 0.4) is 0 Å². The summed E-state index contributed by atoms with van der Waals surface area (Å²) in [7, 11) is 0. The molecule has 0 aromatic rings. The number of hydrogen-bond donors (Lipinski definition) is 2. The standard InChI is InChI=1S/C15H31N3O2/c1-2-5-17-6-3-14(4-7-17)16-12-15(19)13-18-8-10-20-11-9-18/h14-16,19H,2-13H2,1H3. The van der Waals surface area contributed by atoms with Crippen molar-refractivity contribution in [1.29, 1.82) is 0 Å². The molecule has 2 fully saturated rings. The lowest BCUT2D eigenvalue weighted by molar-refractivity contribution is 0.0140. The molecular formula is C15H31N3O2. The van der Waals surface area contributed by atoms with Crippen LogP contribution in [0, 0.1) is 0 Å². The van der Waals surface area contributed by atoms with Gasteiger partial charge in [0.1, 0.15) is 0 Å². The first kappa shape index (κ1) is 16.2. The van der Waals surface area contributed by atoms with Crippen LogP contribution >= 0.6 is 0 Å². The number of likely N-dealkylation sites (tertiary alicyclic amines) is 1. The van der Waals surface area contributed by atoms with Gasteiger partial charge in [-0.15, -0.1) is 0 Å². The van der Waals surface area contributed by atoms with E-state index in [9.17, 15) is 5.11 Å². The van der Waals surface area contributed by atoms with Gasteiger partial charge in [-0.3, -0.25) is 4.90 Å². The Morgan fingerprint density at radius 3 is 2.50 bits per heavy atom. The van der Waals surface area contributed by atoms with Gasteiger partial charge in [-0.2, -0.15) is 0 Å². The van der Waals surface area contributed by atoms with Gasteiger partial charge in [-0.1, -0.05) is 6.92 Å². The normalized spacial score (nSPS) is 24.9. The summed E-state index contributed by atoms with van der Waals surface area (Å²) < 4.78 is 5.32. The van der Waals surface area contributed by atoms with E-state index in [1.54, 1.807) is 0 Å². The summed E-state index contributed by atoms with van der Waals surface area (Å²) in [6.07, 6.45) is 3.41. The van der Waals surface area contributed by atoms with Crippen LogP contribution in [0.4, 0.5) is 0 Å². The topological polar surface area (TPSA) is 48.0 Å². The Kier molecular flexibility index (Phi) is 7.24. The van der Waals surface area contributed by atoms with Crippen LogP contribution in [0.25, 0.3) is 0 Å². The predicted octanol–water partition coefficient (Wildman–Crippen LogP) is 0.144. The molecule has 0 saturated carbocycles. The van der Waals surface area contributed by atoms with Gasteiger partial charge < -0.3 is 20.1 Å². The van der Waals surface area contributed by atoms with E-state index < -0.39 is 0 Å². The fourth-order valence-electron chi connectivity index (χ4n) is 3.13. The van der Waals surface area contributed by atoms with Crippen molar-refractivity contribution in [1.82, 2.24) is 15.1 Å².